The monoisotopic (exact) mass is 343 g/mol. The van der Waals surface area contributed by atoms with Crippen LogP contribution >= 0.6 is 0 Å². The van der Waals surface area contributed by atoms with Crippen molar-refractivity contribution in [3.8, 4) is 0 Å². The van der Waals surface area contributed by atoms with Gasteiger partial charge in [-0.3, -0.25) is 0 Å². The van der Waals surface area contributed by atoms with E-state index in [1.54, 1.807) is 0 Å². The van der Waals surface area contributed by atoms with Crippen LogP contribution in [0.25, 0.3) is 16.5 Å². The minimum Gasteiger partial charge on any atom is -0.314 e. The van der Waals surface area contributed by atoms with Crippen molar-refractivity contribution in [2.45, 2.75) is 34.6 Å². The molecule has 0 aliphatic rings. The maximum Gasteiger partial charge on any atom is 0.0536 e. The Labute approximate surface area is 158 Å². The Morgan fingerprint density at radius 1 is 0.846 bits per heavy atom. The molecule has 0 N–H and O–H groups in total. The first-order valence-corrected chi connectivity index (χ1v) is 9.19. The number of rotatable bonds is 4. The molecule has 26 heavy (non-hydrogen) atoms. The number of fused-ring (bicyclic) bond motifs is 1. The number of aryl methyl sites for hydroxylation is 2. The van der Waals surface area contributed by atoms with E-state index >= 15 is 0 Å². The third-order valence-corrected chi connectivity index (χ3v) is 4.36. The number of hydrogen-bond donors (Lipinski definition) is 0. The molecule has 0 unspecified atom stereocenters. The summed E-state index contributed by atoms with van der Waals surface area (Å²) in [6.45, 7) is 18.8. The first-order valence-electron chi connectivity index (χ1n) is 9.19. The highest BCUT2D eigenvalue weighted by Crippen LogP contribution is 2.35. The lowest BCUT2D eigenvalue weighted by atomic mass is 10.0. The SMILES string of the molecule is C=C(C)N(C(=C)c1ccccc1C)c1cccc2cc(C)ccc12.CC. The molecule has 0 saturated carbocycles. The molecule has 0 aliphatic carbocycles. The highest BCUT2D eigenvalue weighted by molar-refractivity contribution is 5.99. The van der Waals surface area contributed by atoms with E-state index in [2.05, 4.69) is 92.6 Å². The summed E-state index contributed by atoms with van der Waals surface area (Å²) in [5, 5.41) is 2.44. The Hall–Kier alpha value is -2.80. The molecule has 0 heterocycles. The molecular formula is C25H29N. The van der Waals surface area contributed by atoms with Crippen LogP contribution in [0.2, 0.25) is 0 Å². The maximum absolute atomic E-state index is 4.37. The third-order valence-electron chi connectivity index (χ3n) is 4.36. The number of benzene rings is 3. The molecule has 0 saturated heterocycles. The van der Waals surface area contributed by atoms with Crippen LogP contribution in [0.15, 0.2) is 79.5 Å². The molecule has 0 aliphatic heterocycles. The van der Waals surface area contributed by atoms with Crippen molar-refractivity contribution in [2.24, 2.45) is 0 Å². The van der Waals surface area contributed by atoms with Gasteiger partial charge in [0.2, 0.25) is 0 Å². The van der Waals surface area contributed by atoms with E-state index < -0.39 is 0 Å². The predicted molar refractivity (Wildman–Crippen MR) is 118 cm³/mol. The van der Waals surface area contributed by atoms with Crippen LogP contribution < -0.4 is 4.90 Å². The van der Waals surface area contributed by atoms with Gasteiger partial charge in [0.25, 0.3) is 0 Å². The van der Waals surface area contributed by atoms with Gasteiger partial charge in [0.1, 0.15) is 0 Å². The lowest BCUT2D eigenvalue weighted by Gasteiger charge is -2.29. The fraction of sp³-hybridized carbons (Fsp3) is 0.200. The zero-order chi connectivity index (χ0) is 19.3. The van der Waals surface area contributed by atoms with Crippen LogP contribution in [0.1, 0.15) is 37.5 Å². The highest BCUT2D eigenvalue weighted by Gasteiger charge is 2.16. The van der Waals surface area contributed by atoms with Crippen LogP contribution in [-0.4, -0.2) is 0 Å². The first kappa shape index (κ1) is 19.5. The minimum atomic E-state index is 0.952. The summed E-state index contributed by atoms with van der Waals surface area (Å²) >= 11 is 0. The van der Waals surface area contributed by atoms with Crippen molar-refractivity contribution in [3.63, 3.8) is 0 Å². The van der Waals surface area contributed by atoms with Crippen molar-refractivity contribution < 1.29 is 0 Å². The van der Waals surface area contributed by atoms with Crippen molar-refractivity contribution in [2.75, 3.05) is 4.90 Å². The molecule has 0 fully saturated rings. The van der Waals surface area contributed by atoms with E-state index in [0.29, 0.717) is 0 Å². The maximum atomic E-state index is 4.37. The Kier molecular flexibility index (Phi) is 6.41. The number of anilines is 1. The summed E-state index contributed by atoms with van der Waals surface area (Å²) in [4.78, 5) is 2.15. The van der Waals surface area contributed by atoms with Gasteiger partial charge in [-0.05, 0) is 37.8 Å². The second-order valence-corrected chi connectivity index (χ2v) is 6.33. The molecular weight excluding hydrogens is 314 g/mol. The molecule has 3 rings (SSSR count). The average Bonchev–Trinajstić information content (AvgIpc) is 2.63. The van der Waals surface area contributed by atoms with Crippen LogP contribution in [0, 0.1) is 13.8 Å². The molecule has 0 spiro atoms. The third kappa shape index (κ3) is 3.88. The molecule has 3 aromatic rings. The number of nitrogens with zero attached hydrogens (tertiary/aromatic N) is 1. The van der Waals surface area contributed by atoms with Crippen LogP contribution in [-0.2, 0) is 0 Å². The normalized spacial score (nSPS) is 10.0. The molecule has 134 valence electrons. The second-order valence-electron chi connectivity index (χ2n) is 6.33. The zero-order valence-electron chi connectivity index (χ0n) is 16.6. The van der Waals surface area contributed by atoms with E-state index in [-0.39, 0.29) is 0 Å². The van der Waals surface area contributed by atoms with E-state index in [0.717, 1.165) is 22.6 Å². The van der Waals surface area contributed by atoms with Gasteiger partial charge in [-0.1, -0.05) is 87.2 Å². The quantitative estimate of drug-likeness (QED) is 0.474. The molecule has 0 radical (unpaired) electrons. The van der Waals surface area contributed by atoms with Gasteiger partial charge in [-0.2, -0.15) is 0 Å². The summed E-state index contributed by atoms with van der Waals surface area (Å²) in [6, 6.07) is 21.3. The molecule has 0 bridgehead atoms. The molecule has 1 heteroatoms. The number of allylic oxidation sites excluding steroid dienone is 1. The van der Waals surface area contributed by atoms with Gasteiger partial charge in [-0.25, -0.2) is 0 Å². The van der Waals surface area contributed by atoms with E-state index in [1.807, 2.05) is 20.8 Å². The van der Waals surface area contributed by atoms with Crippen LogP contribution in [0.5, 0.6) is 0 Å². The summed E-state index contributed by atoms with van der Waals surface area (Å²) in [6.07, 6.45) is 0. The fourth-order valence-corrected chi connectivity index (χ4v) is 3.18. The number of hydrogen-bond acceptors (Lipinski definition) is 1. The standard InChI is InChI=1S/C23H23N.C2H6/c1-16(2)24(19(5)21-11-7-6-9-18(21)4)23-12-8-10-20-15-17(3)13-14-22(20)23;1-2/h6-15H,1,5H2,2-4H3;1-2H3. The lowest BCUT2D eigenvalue weighted by molar-refractivity contribution is 1.18. The molecule has 0 aromatic heterocycles. The summed E-state index contributed by atoms with van der Waals surface area (Å²) in [7, 11) is 0. The average molecular weight is 344 g/mol. The lowest BCUT2D eigenvalue weighted by Crippen LogP contribution is -2.18. The van der Waals surface area contributed by atoms with E-state index in [1.165, 1.54) is 21.9 Å². The summed E-state index contributed by atoms with van der Waals surface area (Å²) < 4.78 is 0. The largest absolute Gasteiger partial charge is 0.314 e. The summed E-state index contributed by atoms with van der Waals surface area (Å²) in [5.41, 5.74) is 6.65. The molecule has 0 atom stereocenters. The molecule has 3 aromatic carbocycles. The topological polar surface area (TPSA) is 3.24 Å². The zero-order valence-corrected chi connectivity index (χ0v) is 16.6. The fourth-order valence-electron chi connectivity index (χ4n) is 3.18. The van der Waals surface area contributed by atoms with Crippen molar-refractivity contribution in [3.05, 3.63) is 96.2 Å². The Balaban J connectivity index is 0.00000117. The van der Waals surface area contributed by atoms with Gasteiger partial charge < -0.3 is 4.90 Å². The van der Waals surface area contributed by atoms with E-state index in [9.17, 15) is 0 Å². The first-order chi connectivity index (χ1) is 12.5. The van der Waals surface area contributed by atoms with Crippen molar-refractivity contribution >= 4 is 22.2 Å². The minimum absolute atomic E-state index is 0.952. The van der Waals surface area contributed by atoms with Gasteiger partial charge in [0.05, 0.1) is 5.69 Å². The van der Waals surface area contributed by atoms with Crippen LogP contribution in [0.3, 0.4) is 0 Å². The molecule has 1 nitrogen and oxygen atoms in total. The van der Waals surface area contributed by atoms with Gasteiger partial charge in [-0.15, -0.1) is 0 Å². The second kappa shape index (κ2) is 8.53. The predicted octanol–water partition coefficient (Wildman–Crippen LogP) is 7.49. The smallest absolute Gasteiger partial charge is 0.0536 e. The Morgan fingerprint density at radius 2 is 1.54 bits per heavy atom. The van der Waals surface area contributed by atoms with Crippen molar-refractivity contribution in [1.29, 1.82) is 0 Å². The van der Waals surface area contributed by atoms with E-state index in [4.69, 9.17) is 0 Å². The van der Waals surface area contributed by atoms with Gasteiger partial charge in [0, 0.05) is 22.3 Å². The highest BCUT2D eigenvalue weighted by atomic mass is 15.1. The summed E-state index contributed by atoms with van der Waals surface area (Å²) in [5.74, 6) is 0. The van der Waals surface area contributed by atoms with Gasteiger partial charge in [0.15, 0.2) is 0 Å². The van der Waals surface area contributed by atoms with Crippen LogP contribution in [0.4, 0.5) is 5.69 Å². The Morgan fingerprint density at radius 3 is 2.19 bits per heavy atom. The van der Waals surface area contributed by atoms with Gasteiger partial charge >= 0.3 is 0 Å². The molecule has 0 amide bonds. The van der Waals surface area contributed by atoms with Crippen molar-refractivity contribution in [1.82, 2.24) is 0 Å². The Bertz CT molecular complexity index is 934.